The second kappa shape index (κ2) is 12.6. The van der Waals surface area contributed by atoms with Crippen molar-refractivity contribution in [1.29, 1.82) is 0 Å². The molecule has 10 nitrogen and oxygen atoms in total. The third kappa shape index (κ3) is 5.10. The summed E-state index contributed by atoms with van der Waals surface area (Å²) >= 11 is 6.54. The SMILES string of the molecule is COc1cc2cc(C(=O)N3C[C@@H](CCl)c4c3cc(OC(=O)N3CCN(C)[C@@H]5CSSC[C@H]53)c3ccccc43)[nH]c2c(OC)c1OC. The molecule has 3 atom stereocenters. The third-order valence-electron chi connectivity index (χ3n) is 9.31. The number of aromatic nitrogens is 1. The molecule has 3 aromatic carbocycles. The summed E-state index contributed by atoms with van der Waals surface area (Å²) < 4.78 is 23.0. The zero-order chi connectivity index (χ0) is 32.1. The number of nitrogens with one attached hydrogen (secondary N) is 1. The van der Waals surface area contributed by atoms with E-state index in [2.05, 4.69) is 16.9 Å². The van der Waals surface area contributed by atoms with Gasteiger partial charge in [-0.3, -0.25) is 9.69 Å². The largest absolute Gasteiger partial charge is 0.493 e. The van der Waals surface area contributed by atoms with Gasteiger partial charge in [0.05, 0.1) is 38.6 Å². The molecular weight excluding hydrogens is 648 g/mol. The molecule has 2 amide bonds. The van der Waals surface area contributed by atoms with Crippen LogP contribution in [-0.4, -0.2) is 104 Å². The summed E-state index contributed by atoms with van der Waals surface area (Å²) in [7, 11) is 10.4. The molecule has 0 saturated carbocycles. The van der Waals surface area contributed by atoms with Crippen molar-refractivity contribution in [2.24, 2.45) is 0 Å². The van der Waals surface area contributed by atoms with E-state index in [1.165, 1.54) is 0 Å². The van der Waals surface area contributed by atoms with Crippen molar-refractivity contribution >= 4 is 72.6 Å². The number of likely N-dealkylation sites (N-methyl/N-ethyl adjacent to an activating group) is 1. The van der Waals surface area contributed by atoms with E-state index in [0.717, 1.165) is 39.8 Å². The van der Waals surface area contributed by atoms with Crippen molar-refractivity contribution in [1.82, 2.24) is 14.8 Å². The lowest BCUT2D eigenvalue weighted by atomic mass is 9.95. The molecule has 1 aromatic heterocycles. The lowest BCUT2D eigenvalue weighted by Gasteiger charge is -2.47. The Hall–Kier alpha value is -3.45. The van der Waals surface area contributed by atoms with Crippen LogP contribution in [-0.2, 0) is 0 Å². The van der Waals surface area contributed by atoms with Gasteiger partial charge in [-0.15, -0.1) is 11.6 Å². The minimum Gasteiger partial charge on any atom is -0.493 e. The standard InChI is InChI=1S/C33H35ClN4O6S2/c1-36-9-10-37(25-17-46-45-16-24(25)36)33(40)44-26-13-23-28(21-8-6-5-7-20(21)26)19(14-34)15-38(23)32(39)22-11-18-12-27(41-2)30(42-3)31(43-4)29(18)35-22/h5-8,11-13,19,24-25,35H,9-10,14-17H2,1-4H3/t19-,24-,25-/m1/s1. The van der Waals surface area contributed by atoms with Crippen LogP contribution in [0.2, 0.25) is 0 Å². The molecule has 242 valence electrons. The number of hydrogen-bond donors (Lipinski definition) is 1. The van der Waals surface area contributed by atoms with Gasteiger partial charge in [0.25, 0.3) is 5.91 Å². The number of amides is 2. The van der Waals surface area contributed by atoms with Crippen molar-refractivity contribution in [3.05, 3.63) is 53.7 Å². The molecule has 1 N–H and O–H groups in total. The van der Waals surface area contributed by atoms with E-state index in [0.29, 0.717) is 58.9 Å². The highest BCUT2D eigenvalue weighted by atomic mass is 35.5. The Bertz CT molecular complexity index is 1840. The second-order valence-corrected chi connectivity index (χ2v) is 14.5. The van der Waals surface area contributed by atoms with E-state index >= 15 is 0 Å². The van der Waals surface area contributed by atoms with Crippen molar-refractivity contribution in [2.75, 3.05) is 70.3 Å². The van der Waals surface area contributed by atoms with E-state index in [-0.39, 0.29) is 30.0 Å². The van der Waals surface area contributed by atoms with Gasteiger partial charge in [-0.1, -0.05) is 45.9 Å². The van der Waals surface area contributed by atoms with Gasteiger partial charge >= 0.3 is 6.09 Å². The molecule has 2 saturated heterocycles. The van der Waals surface area contributed by atoms with E-state index in [9.17, 15) is 9.59 Å². The predicted molar refractivity (Wildman–Crippen MR) is 185 cm³/mol. The number of carbonyl (C=O) groups is 2. The van der Waals surface area contributed by atoms with Crippen LogP contribution in [0.4, 0.5) is 10.5 Å². The Morgan fingerprint density at radius 2 is 1.67 bits per heavy atom. The molecule has 46 heavy (non-hydrogen) atoms. The van der Waals surface area contributed by atoms with Crippen LogP contribution in [0.25, 0.3) is 21.7 Å². The molecule has 0 radical (unpaired) electrons. The average molecular weight is 683 g/mol. The Balaban J connectivity index is 1.27. The molecule has 4 heterocycles. The van der Waals surface area contributed by atoms with Crippen molar-refractivity contribution in [3.63, 3.8) is 0 Å². The molecule has 4 aromatic rings. The number of fused-ring (bicyclic) bond motifs is 5. The zero-order valence-corrected chi connectivity index (χ0v) is 28.4. The summed E-state index contributed by atoms with van der Waals surface area (Å²) in [6, 6.07) is 13.6. The summed E-state index contributed by atoms with van der Waals surface area (Å²) in [5.74, 6) is 3.59. The minimum absolute atomic E-state index is 0.0770. The van der Waals surface area contributed by atoms with Crippen LogP contribution in [0.1, 0.15) is 22.0 Å². The Morgan fingerprint density at radius 3 is 2.39 bits per heavy atom. The predicted octanol–water partition coefficient (Wildman–Crippen LogP) is 6.21. The summed E-state index contributed by atoms with van der Waals surface area (Å²) in [5, 5.41) is 2.47. The molecule has 7 rings (SSSR count). The van der Waals surface area contributed by atoms with Crippen LogP contribution in [0.3, 0.4) is 0 Å². The summed E-state index contributed by atoms with van der Waals surface area (Å²) in [6.45, 7) is 1.78. The first kappa shape index (κ1) is 31.2. The van der Waals surface area contributed by atoms with Gasteiger partial charge in [0.15, 0.2) is 11.5 Å². The number of aromatic amines is 1. The monoisotopic (exact) mass is 682 g/mol. The van der Waals surface area contributed by atoms with Gasteiger partial charge < -0.3 is 33.7 Å². The van der Waals surface area contributed by atoms with E-state index < -0.39 is 0 Å². The van der Waals surface area contributed by atoms with Crippen LogP contribution in [0.5, 0.6) is 23.0 Å². The van der Waals surface area contributed by atoms with Gasteiger partial charge in [-0.25, -0.2) is 4.79 Å². The molecule has 13 heteroatoms. The average Bonchev–Trinajstić information content (AvgIpc) is 3.69. The quantitative estimate of drug-likeness (QED) is 0.188. The fourth-order valence-corrected chi connectivity index (χ4v) is 9.99. The molecule has 3 aliphatic rings. The number of benzene rings is 3. The molecule has 3 aliphatic heterocycles. The van der Waals surface area contributed by atoms with Gasteiger partial charge in [-0.2, -0.15) is 0 Å². The Morgan fingerprint density at radius 1 is 0.935 bits per heavy atom. The highest BCUT2D eigenvalue weighted by Crippen LogP contribution is 2.47. The zero-order valence-electron chi connectivity index (χ0n) is 26.0. The number of piperazine rings is 1. The molecule has 0 aliphatic carbocycles. The highest BCUT2D eigenvalue weighted by Gasteiger charge is 2.41. The van der Waals surface area contributed by atoms with Gasteiger partial charge in [0.2, 0.25) is 5.75 Å². The first-order valence-corrected chi connectivity index (χ1v) is 18.1. The first-order chi connectivity index (χ1) is 22.4. The molecular formula is C33H35ClN4O6S2. The first-order valence-electron chi connectivity index (χ1n) is 15.1. The highest BCUT2D eigenvalue weighted by molar-refractivity contribution is 8.76. The number of nitrogens with zero attached hydrogens (tertiary/aromatic N) is 3. The summed E-state index contributed by atoms with van der Waals surface area (Å²) in [6.07, 6.45) is -0.365. The van der Waals surface area contributed by atoms with E-state index in [1.807, 2.05) is 46.0 Å². The van der Waals surface area contributed by atoms with Crippen molar-refractivity contribution < 1.29 is 28.5 Å². The maximum atomic E-state index is 14.3. The lowest BCUT2D eigenvalue weighted by Crippen LogP contribution is -2.63. The van der Waals surface area contributed by atoms with Gasteiger partial charge in [-0.05, 0) is 30.1 Å². The summed E-state index contributed by atoms with van der Waals surface area (Å²) in [5.41, 5.74) is 2.64. The maximum absolute atomic E-state index is 14.3. The Labute approximate surface area is 280 Å². The topological polar surface area (TPSA) is 96.6 Å². The van der Waals surface area contributed by atoms with Gasteiger partial charge in [0.1, 0.15) is 11.4 Å². The van der Waals surface area contributed by atoms with Crippen LogP contribution < -0.4 is 23.8 Å². The number of H-pyrrole nitrogens is 1. The van der Waals surface area contributed by atoms with Crippen molar-refractivity contribution in [2.45, 2.75) is 18.0 Å². The smallest absolute Gasteiger partial charge is 0.415 e. The normalized spacial score (nSPS) is 21.3. The van der Waals surface area contributed by atoms with Crippen LogP contribution >= 0.6 is 33.2 Å². The van der Waals surface area contributed by atoms with Crippen LogP contribution in [0.15, 0.2) is 42.5 Å². The number of rotatable bonds is 6. The summed E-state index contributed by atoms with van der Waals surface area (Å²) in [4.78, 5) is 37.3. The lowest BCUT2D eigenvalue weighted by molar-refractivity contribution is 0.0588. The second-order valence-electron chi connectivity index (χ2n) is 11.7. The third-order valence-corrected chi connectivity index (χ3v) is 12.1. The van der Waals surface area contributed by atoms with E-state index in [1.54, 1.807) is 49.2 Å². The number of alkyl halides is 1. The Kier molecular flexibility index (Phi) is 8.56. The van der Waals surface area contributed by atoms with Crippen molar-refractivity contribution in [3.8, 4) is 23.0 Å². The van der Waals surface area contributed by atoms with E-state index in [4.69, 9.17) is 30.5 Å². The number of anilines is 1. The van der Waals surface area contributed by atoms with Gasteiger partial charge in [0, 0.05) is 65.8 Å². The molecule has 0 bridgehead atoms. The minimum atomic E-state index is -0.365. The maximum Gasteiger partial charge on any atom is 0.415 e. The molecule has 2 fully saturated rings. The number of carbonyl (C=O) groups excluding carboxylic acids is 2. The number of ether oxygens (including phenoxy) is 4. The molecule has 0 unspecified atom stereocenters. The number of halogens is 1. The number of hydrogen-bond acceptors (Lipinski definition) is 9. The fraction of sp³-hybridized carbons (Fsp3) is 0.394. The number of methoxy groups -OCH3 is 3. The fourth-order valence-electron chi connectivity index (χ4n) is 6.97. The van der Waals surface area contributed by atoms with Crippen LogP contribution in [0, 0.1) is 0 Å². The molecule has 0 spiro atoms.